The Morgan fingerprint density at radius 2 is 0.897 bits per heavy atom. The third kappa shape index (κ3) is 17.4. The van der Waals surface area contributed by atoms with Crippen molar-refractivity contribution in [2.45, 2.75) is 25.4 Å². The highest BCUT2D eigenvalue weighted by molar-refractivity contribution is 6.18. The smallest absolute Gasteiger partial charge is 0.161 e. The Balaban J connectivity index is 0.000000213. The third-order valence-electron chi connectivity index (χ3n) is 6.98. The fourth-order valence-corrected chi connectivity index (χ4v) is 4.18. The highest BCUT2D eigenvalue weighted by atomic mass is 35.5. The average Bonchev–Trinajstić information content (AvgIpc) is 4.10. The first-order valence-electron chi connectivity index (χ1n) is 26.4. The number of methoxy groups -OCH3 is 3. The maximum Gasteiger partial charge on any atom is 0.161 e. The van der Waals surface area contributed by atoms with Gasteiger partial charge in [-0.3, -0.25) is 0 Å². The van der Waals surface area contributed by atoms with Crippen molar-refractivity contribution in [3.8, 4) is 46.0 Å². The Kier molecular flexibility index (Phi) is 11.0. The summed E-state index contributed by atoms with van der Waals surface area (Å²) in [6, 6.07) is 44.6. The first kappa shape index (κ1) is 24.6. The summed E-state index contributed by atoms with van der Waals surface area (Å²) in [7, 11) is -7.75. The highest BCUT2D eigenvalue weighted by Gasteiger charge is 2.23. The number of benzene rings is 6. The molecule has 6 aromatic rings. The number of aromatic hydroxyl groups is 2. The monoisotopic (exact) mass is 829 g/mol. The second-order valence-corrected chi connectivity index (χ2v) is 11.2. The molecular formula is C47H51ClO10. The van der Waals surface area contributed by atoms with Crippen LogP contribution >= 0.6 is 11.6 Å². The van der Waals surface area contributed by atoms with Crippen molar-refractivity contribution in [2.24, 2.45) is 0 Å². The number of rotatable bonds is 13. The molecule has 2 saturated heterocycles. The van der Waals surface area contributed by atoms with Crippen LogP contribution < -0.4 is 28.4 Å². The van der Waals surface area contributed by atoms with E-state index in [1.54, 1.807) is 54.6 Å². The molecule has 0 aromatic heterocycles. The Bertz CT molecular complexity index is 2790. The largest absolute Gasteiger partial charge is 0.504 e. The van der Waals surface area contributed by atoms with Crippen LogP contribution in [-0.4, -0.2) is 69.0 Å². The van der Waals surface area contributed by atoms with Crippen molar-refractivity contribution in [1.29, 1.82) is 0 Å². The van der Waals surface area contributed by atoms with Gasteiger partial charge in [0.1, 0.15) is 25.9 Å². The molecule has 6 aromatic carbocycles. The van der Waals surface area contributed by atoms with Crippen LogP contribution in [0.25, 0.3) is 0 Å². The molecule has 0 bridgehead atoms. The summed E-state index contributed by atoms with van der Waals surface area (Å²) in [4.78, 5) is 0. The molecule has 58 heavy (non-hydrogen) atoms. The van der Waals surface area contributed by atoms with Gasteiger partial charge >= 0.3 is 0 Å². The van der Waals surface area contributed by atoms with Gasteiger partial charge in [0.25, 0.3) is 0 Å². The summed E-state index contributed by atoms with van der Waals surface area (Å²) in [5.41, 5.74) is 2.09. The van der Waals surface area contributed by atoms with Crippen LogP contribution in [-0.2, 0) is 22.7 Å². The van der Waals surface area contributed by atoms with Crippen LogP contribution in [0, 0.1) is 0 Å². The zero-order chi connectivity index (χ0) is 57.7. The van der Waals surface area contributed by atoms with Crippen LogP contribution in [0.1, 0.15) is 37.2 Å². The summed E-state index contributed by atoms with van der Waals surface area (Å²) in [6.07, 6.45) is -4.77. The van der Waals surface area contributed by atoms with Crippen LogP contribution in [0.15, 0.2) is 158 Å². The molecule has 0 saturated carbocycles. The lowest BCUT2D eigenvalue weighted by molar-refractivity contribution is 0.252. The Hall–Kier alpha value is -6.07. The van der Waals surface area contributed by atoms with Gasteiger partial charge in [0, 0.05) is 2.74 Å². The van der Waals surface area contributed by atoms with E-state index in [-0.39, 0.29) is 34.5 Å². The highest BCUT2D eigenvalue weighted by Crippen LogP contribution is 2.28. The number of phenolic OH excluding ortho intramolecular Hbond substituents is 2. The third-order valence-corrected chi connectivity index (χ3v) is 7.15. The van der Waals surface area contributed by atoms with Crippen molar-refractivity contribution >= 4 is 11.6 Å². The molecule has 2 N–H and O–H groups in total. The molecule has 10 nitrogen and oxygen atoms in total. The predicted molar refractivity (Wildman–Crippen MR) is 226 cm³/mol. The number of ether oxygens (including phenoxy) is 8. The van der Waals surface area contributed by atoms with Crippen molar-refractivity contribution in [3.05, 3.63) is 169 Å². The molecule has 11 heteroatoms. The summed E-state index contributed by atoms with van der Waals surface area (Å²) in [5, 5.41) is 18.6. The molecule has 0 radical (unpaired) electrons. The molecule has 2 aliphatic heterocycles. The van der Waals surface area contributed by atoms with Gasteiger partial charge in [-0.25, -0.2) is 0 Å². The number of epoxide rings is 2. The fraction of sp³-hybridized carbons (Fsp3) is 0.234. The van der Waals surface area contributed by atoms with E-state index >= 15 is 0 Å². The number of hydrogen-bond acceptors (Lipinski definition) is 10. The molecule has 0 amide bonds. The lowest BCUT2D eigenvalue weighted by Gasteiger charge is -2.09. The van der Waals surface area contributed by atoms with Crippen LogP contribution in [0.2, 0.25) is 0 Å². The number of para-hydroxylation sites is 8. The molecule has 8 rings (SSSR count). The molecule has 2 unspecified atom stereocenters. The van der Waals surface area contributed by atoms with Crippen molar-refractivity contribution in [2.75, 3.05) is 46.6 Å². The lowest BCUT2D eigenvalue weighted by atomic mass is 10.2. The SMILES string of the molecule is Oc1ccccc1OCc1ccccc1.[2H]C([2H])(Cl)C1([2H])OC1([2H])[2H].[2H]C([2H])([2H])Oc1ccccc1O.[2H]C([2H])([2H])Oc1ccccc1OC([2H])([2H])C1([2H])OC1([2H])[2H].[2H]C([2H])([2H])Oc1ccccc1OCc1ccccc1. The Morgan fingerprint density at radius 1 is 0.534 bits per heavy atom. The number of halogens is 1. The summed E-state index contributed by atoms with van der Waals surface area (Å²) >= 11 is 5.04. The first-order chi connectivity index (χ1) is 35.5. The molecule has 2 aliphatic rings. The van der Waals surface area contributed by atoms with Crippen molar-refractivity contribution < 1.29 is 74.2 Å². The second-order valence-electron chi connectivity index (χ2n) is 11.0. The van der Waals surface area contributed by atoms with E-state index in [4.69, 9.17) is 61.7 Å². The van der Waals surface area contributed by atoms with E-state index in [9.17, 15) is 5.11 Å². The topological polar surface area (TPSA) is 121 Å². The van der Waals surface area contributed by atoms with Crippen molar-refractivity contribution in [3.63, 3.8) is 0 Å². The summed E-state index contributed by atoms with van der Waals surface area (Å²) in [6.45, 7) is -6.75. The van der Waals surface area contributed by atoms with Gasteiger partial charge in [-0.2, -0.15) is 0 Å². The quantitative estimate of drug-likeness (QED) is 0.0860. The van der Waals surface area contributed by atoms with E-state index in [1.165, 1.54) is 36.4 Å². The Labute approximate surface area is 372 Å². The molecule has 2 atom stereocenters. The number of alkyl halides is 1. The molecular weight excluding hydrogens is 760 g/mol. The molecule has 0 spiro atoms. The minimum Gasteiger partial charge on any atom is -0.504 e. The fourth-order valence-electron chi connectivity index (χ4n) is 4.10. The molecule has 2 heterocycles. The second kappa shape index (κ2) is 26.0. The molecule has 0 aliphatic carbocycles. The normalized spacial score (nSPS) is 24.3. The van der Waals surface area contributed by atoms with E-state index in [2.05, 4.69) is 18.9 Å². The zero-order valence-electron chi connectivity index (χ0n) is 49.5. The van der Waals surface area contributed by atoms with Crippen LogP contribution in [0.4, 0.5) is 0 Å². The minimum absolute atomic E-state index is 0.0301. The van der Waals surface area contributed by atoms with Gasteiger partial charge < -0.3 is 48.1 Å². The van der Waals surface area contributed by atoms with Gasteiger partial charge in [-0.1, -0.05) is 109 Å². The van der Waals surface area contributed by atoms with E-state index < -0.39 is 58.8 Å². The maximum atomic E-state index is 9.46. The average molecular weight is 830 g/mol. The van der Waals surface area contributed by atoms with Gasteiger partial charge in [-0.15, -0.1) is 11.6 Å². The summed E-state index contributed by atoms with van der Waals surface area (Å²) in [5.74, 6) is -1.86. The van der Waals surface area contributed by atoms with E-state index in [0.29, 0.717) is 24.7 Å². The molecule has 2 fully saturated rings. The Morgan fingerprint density at radius 3 is 1.31 bits per heavy atom. The van der Waals surface area contributed by atoms with Crippen molar-refractivity contribution in [1.82, 2.24) is 0 Å². The number of hydrogen-bond donors (Lipinski definition) is 2. The van der Waals surface area contributed by atoms with Gasteiger partial charge in [-0.05, 0) is 59.7 Å². The minimum atomic E-state index is -2.84. The first-order valence-corrected chi connectivity index (χ1v) is 17.3. The molecule has 306 valence electrons. The van der Waals surface area contributed by atoms with Gasteiger partial charge in [0.15, 0.2) is 46.0 Å². The van der Waals surface area contributed by atoms with Crippen LogP contribution in [0.3, 0.4) is 0 Å². The maximum absolute atomic E-state index is 9.46. The summed E-state index contributed by atoms with van der Waals surface area (Å²) < 4.78 is 173. The van der Waals surface area contributed by atoms with Gasteiger partial charge in [0.2, 0.25) is 0 Å². The standard InChI is InChI=1S/C14H14O2.C13H12O2.C10H12O3.C7H8O2.C3H5ClO/c1-15-13-9-5-6-10-14(13)16-11-12-7-3-2-4-8-12;14-12-8-4-5-9-13(12)15-10-11-6-2-1-3-7-11;1-11-9-4-2-3-5-10(9)13-7-8-6-12-8;1-9-7-5-3-2-4-6(7)8;4-1-3-2-5-3/h2-10H,11H2,1H3;1-9,14H,10H2;2-5,8H,6-7H2,1H3;2-5,8H,1H3;3H,1-2H2/i1D3;;1D3,6D2,7D2,8D;1D3;1D2,2D2,3D. The van der Waals surface area contributed by atoms with Crippen LogP contribution in [0.5, 0.6) is 46.0 Å². The zero-order valence-corrected chi connectivity index (χ0v) is 31.2. The number of phenols is 2. The van der Waals surface area contributed by atoms with E-state index in [1.807, 2.05) is 66.7 Å². The van der Waals surface area contributed by atoms with Gasteiger partial charge in [0.05, 0.1) is 69.4 Å². The lowest BCUT2D eigenvalue weighted by Crippen LogP contribution is -2.04. The predicted octanol–water partition coefficient (Wildman–Crippen LogP) is 9.74. The van der Waals surface area contributed by atoms with E-state index in [0.717, 1.165) is 11.1 Å².